The lowest BCUT2D eigenvalue weighted by atomic mass is 10.2. The minimum absolute atomic E-state index is 0.104. The van der Waals surface area contributed by atoms with Crippen LogP contribution in [0.5, 0.6) is 0 Å². The van der Waals surface area contributed by atoms with Gasteiger partial charge in [-0.1, -0.05) is 12.1 Å². The Morgan fingerprint density at radius 3 is 2.58 bits per heavy atom. The summed E-state index contributed by atoms with van der Waals surface area (Å²) in [5.41, 5.74) is 0.707. The first-order chi connectivity index (χ1) is 12.3. The van der Waals surface area contributed by atoms with E-state index in [4.69, 9.17) is 4.74 Å². The Balaban J connectivity index is 1.91. The maximum atomic E-state index is 12.8. The van der Waals surface area contributed by atoms with E-state index in [1.165, 1.54) is 55.5 Å². The van der Waals surface area contributed by atoms with Gasteiger partial charge in [-0.2, -0.15) is 0 Å². The molecule has 0 saturated heterocycles. The molecule has 0 heterocycles. The number of hydrogen-bond donors (Lipinski definition) is 1. The summed E-state index contributed by atoms with van der Waals surface area (Å²) in [6.45, 7) is 1.39. The van der Waals surface area contributed by atoms with E-state index in [2.05, 4.69) is 5.32 Å². The van der Waals surface area contributed by atoms with Gasteiger partial charge in [0.05, 0.1) is 4.92 Å². The van der Waals surface area contributed by atoms with Gasteiger partial charge in [-0.15, -0.1) is 0 Å². The molecule has 0 radical (unpaired) electrons. The highest BCUT2D eigenvalue weighted by Crippen LogP contribution is 2.14. The number of carbonyl (C=O) groups is 2. The van der Waals surface area contributed by atoms with E-state index in [0.29, 0.717) is 11.3 Å². The smallest absolute Gasteiger partial charge is 0.331 e. The third kappa shape index (κ3) is 5.52. The largest absolute Gasteiger partial charge is 0.449 e. The van der Waals surface area contributed by atoms with E-state index in [1.54, 1.807) is 6.07 Å². The third-order valence-electron chi connectivity index (χ3n) is 3.27. The van der Waals surface area contributed by atoms with Gasteiger partial charge in [-0.3, -0.25) is 14.9 Å². The normalized spacial score (nSPS) is 11.8. The lowest BCUT2D eigenvalue weighted by molar-refractivity contribution is -0.384. The Kier molecular flexibility index (Phi) is 6.15. The van der Waals surface area contributed by atoms with Crippen molar-refractivity contribution in [1.29, 1.82) is 0 Å². The number of amides is 1. The molecule has 8 heteroatoms. The van der Waals surface area contributed by atoms with Gasteiger partial charge in [0.15, 0.2) is 6.10 Å². The molecule has 0 saturated carbocycles. The molecule has 26 heavy (non-hydrogen) atoms. The van der Waals surface area contributed by atoms with Crippen molar-refractivity contribution in [3.63, 3.8) is 0 Å². The average Bonchev–Trinajstić information content (AvgIpc) is 2.62. The molecule has 7 nitrogen and oxygen atoms in total. The molecule has 0 aliphatic heterocycles. The maximum absolute atomic E-state index is 12.8. The van der Waals surface area contributed by atoms with Crippen LogP contribution in [0.1, 0.15) is 12.5 Å². The zero-order valence-electron chi connectivity index (χ0n) is 13.7. The highest BCUT2D eigenvalue weighted by molar-refractivity contribution is 5.96. The number of hydrogen-bond acceptors (Lipinski definition) is 5. The predicted octanol–water partition coefficient (Wildman–Crippen LogP) is 3.32. The van der Waals surface area contributed by atoms with Crippen LogP contribution in [-0.4, -0.2) is 22.9 Å². The quantitative estimate of drug-likeness (QED) is 0.370. The molecule has 0 aliphatic rings. The number of nitrogens with one attached hydrogen (secondary N) is 1. The standard InChI is InChI=1S/C18H15FN2O5/c1-12(18(23)20-15-8-6-14(19)7-9-15)26-17(22)10-5-13-3-2-4-16(11-13)21(24)25/h2-12H,1H3,(H,20,23)/b10-5+. The number of nitrogens with zero attached hydrogens (tertiary/aromatic N) is 1. The molecule has 1 N–H and O–H groups in total. The second kappa shape index (κ2) is 8.52. The maximum Gasteiger partial charge on any atom is 0.331 e. The molecule has 0 aromatic heterocycles. The van der Waals surface area contributed by atoms with Crippen LogP contribution in [0, 0.1) is 15.9 Å². The predicted molar refractivity (Wildman–Crippen MR) is 92.7 cm³/mol. The van der Waals surface area contributed by atoms with Crippen LogP contribution in [-0.2, 0) is 14.3 Å². The topological polar surface area (TPSA) is 98.5 Å². The molecule has 2 rings (SSSR count). The first-order valence-electron chi connectivity index (χ1n) is 7.55. The fourth-order valence-corrected chi connectivity index (χ4v) is 1.95. The first-order valence-corrected chi connectivity index (χ1v) is 7.55. The van der Waals surface area contributed by atoms with Crippen molar-refractivity contribution in [2.24, 2.45) is 0 Å². The highest BCUT2D eigenvalue weighted by Gasteiger charge is 2.16. The monoisotopic (exact) mass is 358 g/mol. The van der Waals surface area contributed by atoms with Crippen molar-refractivity contribution in [2.45, 2.75) is 13.0 Å². The van der Waals surface area contributed by atoms with Gasteiger partial charge in [0.2, 0.25) is 0 Å². The minimum Gasteiger partial charge on any atom is -0.449 e. The number of carbonyl (C=O) groups excluding carboxylic acids is 2. The van der Waals surface area contributed by atoms with Crippen LogP contribution in [0.4, 0.5) is 15.8 Å². The zero-order chi connectivity index (χ0) is 19.1. The van der Waals surface area contributed by atoms with Crippen LogP contribution in [0.3, 0.4) is 0 Å². The van der Waals surface area contributed by atoms with E-state index in [1.807, 2.05) is 0 Å². The minimum atomic E-state index is -1.08. The van der Waals surface area contributed by atoms with Gasteiger partial charge in [-0.05, 0) is 42.8 Å². The van der Waals surface area contributed by atoms with Gasteiger partial charge in [0.25, 0.3) is 11.6 Å². The van der Waals surface area contributed by atoms with Gasteiger partial charge in [-0.25, -0.2) is 9.18 Å². The van der Waals surface area contributed by atoms with Crippen LogP contribution in [0.15, 0.2) is 54.6 Å². The van der Waals surface area contributed by atoms with E-state index in [0.717, 1.165) is 6.08 Å². The number of nitro benzene ring substituents is 1. The summed E-state index contributed by atoms with van der Waals surface area (Å²) in [5.74, 6) is -1.79. The fourth-order valence-electron chi connectivity index (χ4n) is 1.95. The molecule has 2 aromatic carbocycles. The first kappa shape index (κ1) is 18.8. The summed E-state index contributed by atoms with van der Waals surface area (Å²) in [6, 6.07) is 10.8. The number of ether oxygens (including phenoxy) is 1. The third-order valence-corrected chi connectivity index (χ3v) is 3.27. The van der Waals surface area contributed by atoms with Gasteiger partial charge >= 0.3 is 5.97 Å². The Labute approximate surface area is 148 Å². The van der Waals surface area contributed by atoms with Crippen LogP contribution < -0.4 is 5.32 Å². The summed E-state index contributed by atoms with van der Waals surface area (Å²) in [4.78, 5) is 33.9. The lowest BCUT2D eigenvalue weighted by Crippen LogP contribution is -2.29. The van der Waals surface area contributed by atoms with E-state index >= 15 is 0 Å². The number of nitro groups is 1. The Morgan fingerprint density at radius 1 is 1.23 bits per heavy atom. The van der Waals surface area contributed by atoms with Crippen LogP contribution in [0.2, 0.25) is 0 Å². The zero-order valence-corrected chi connectivity index (χ0v) is 13.7. The molecular formula is C18H15FN2O5. The molecule has 2 aromatic rings. The van der Waals surface area contributed by atoms with E-state index in [9.17, 15) is 24.1 Å². The summed E-state index contributed by atoms with van der Waals surface area (Å²) in [5, 5.41) is 13.2. The van der Waals surface area contributed by atoms with Crippen LogP contribution in [0.25, 0.3) is 6.08 Å². The highest BCUT2D eigenvalue weighted by atomic mass is 19.1. The number of rotatable bonds is 6. The van der Waals surface area contributed by atoms with Crippen molar-refractivity contribution in [2.75, 3.05) is 5.32 Å². The number of halogens is 1. The Morgan fingerprint density at radius 2 is 1.92 bits per heavy atom. The summed E-state index contributed by atoms with van der Waals surface area (Å²) in [6.07, 6.45) is 1.34. The van der Waals surface area contributed by atoms with Crippen molar-refractivity contribution in [3.05, 3.63) is 76.1 Å². The number of anilines is 1. The second-order valence-electron chi connectivity index (χ2n) is 5.26. The van der Waals surface area contributed by atoms with E-state index in [-0.39, 0.29) is 5.69 Å². The van der Waals surface area contributed by atoms with E-state index < -0.39 is 28.7 Å². The fraction of sp³-hybridized carbons (Fsp3) is 0.111. The molecule has 1 atom stereocenters. The Hall–Kier alpha value is -3.55. The molecule has 134 valence electrons. The molecule has 0 bridgehead atoms. The summed E-state index contributed by atoms with van der Waals surface area (Å²) >= 11 is 0. The lowest BCUT2D eigenvalue weighted by Gasteiger charge is -2.12. The molecular weight excluding hydrogens is 343 g/mol. The van der Waals surface area contributed by atoms with Crippen molar-refractivity contribution in [1.82, 2.24) is 0 Å². The number of esters is 1. The summed E-state index contributed by atoms with van der Waals surface area (Å²) in [7, 11) is 0. The number of non-ortho nitro benzene ring substituents is 1. The molecule has 1 unspecified atom stereocenters. The van der Waals surface area contributed by atoms with Gasteiger partial charge < -0.3 is 10.1 Å². The molecule has 0 aliphatic carbocycles. The molecule has 1 amide bonds. The number of benzene rings is 2. The van der Waals surface area contributed by atoms with Crippen LogP contribution >= 0.6 is 0 Å². The molecule has 0 fully saturated rings. The Bertz CT molecular complexity index is 849. The second-order valence-corrected chi connectivity index (χ2v) is 5.26. The van der Waals surface area contributed by atoms with Crippen molar-refractivity contribution < 1.29 is 23.6 Å². The van der Waals surface area contributed by atoms with Crippen molar-refractivity contribution in [3.8, 4) is 0 Å². The van der Waals surface area contributed by atoms with Gasteiger partial charge in [0.1, 0.15) is 5.82 Å². The SMILES string of the molecule is CC(OC(=O)/C=C/c1cccc([N+](=O)[O-])c1)C(=O)Nc1ccc(F)cc1. The van der Waals surface area contributed by atoms with Crippen molar-refractivity contribution >= 4 is 29.3 Å². The average molecular weight is 358 g/mol. The van der Waals surface area contributed by atoms with Gasteiger partial charge in [0, 0.05) is 23.9 Å². The molecule has 0 spiro atoms. The summed E-state index contributed by atoms with van der Waals surface area (Å²) < 4.78 is 17.8.